The van der Waals surface area contributed by atoms with Crippen molar-refractivity contribution >= 4 is 5.97 Å². The Bertz CT molecular complexity index is 189. The molecular weight excluding hydrogens is 180 g/mol. The predicted molar refractivity (Wildman–Crippen MR) is 51.0 cm³/mol. The first-order valence-electron chi connectivity index (χ1n) is 5.51. The molecule has 0 aromatic heterocycles. The van der Waals surface area contributed by atoms with Crippen molar-refractivity contribution in [1.82, 2.24) is 0 Å². The van der Waals surface area contributed by atoms with Gasteiger partial charge in [-0.1, -0.05) is 6.92 Å². The van der Waals surface area contributed by atoms with Crippen molar-refractivity contribution in [2.24, 2.45) is 0 Å². The molecule has 1 heterocycles. The molecule has 0 bridgehead atoms. The summed E-state index contributed by atoms with van der Waals surface area (Å²) in [6.45, 7) is 8.77. The van der Waals surface area contributed by atoms with E-state index in [0.29, 0.717) is 6.04 Å². The Morgan fingerprint density at radius 3 is 2.36 bits per heavy atom. The average Bonchev–Trinajstić information content (AvgIpc) is 2.17. The van der Waals surface area contributed by atoms with Crippen LogP contribution in [-0.4, -0.2) is 44.7 Å². The average molecular weight is 201 g/mol. The van der Waals surface area contributed by atoms with Crippen LogP contribution in [0, 0.1) is 0 Å². The van der Waals surface area contributed by atoms with E-state index in [1.165, 1.54) is 6.42 Å². The number of hydrogen-bond acceptors (Lipinski definition) is 2. The molecule has 0 aromatic rings. The fraction of sp³-hybridized carbons (Fsp3) is 0.900. The highest BCUT2D eigenvalue weighted by Gasteiger charge is 2.25. The summed E-state index contributed by atoms with van der Waals surface area (Å²) in [4.78, 5) is 13.2. The Morgan fingerprint density at radius 1 is 1.36 bits per heavy atom. The lowest BCUT2D eigenvalue weighted by molar-refractivity contribution is -1.02. The van der Waals surface area contributed by atoms with Gasteiger partial charge in [0.1, 0.15) is 32.7 Å². The zero-order valence-electron chi connectivity index (χ0n) is 9.14. The largest absolute Gasteiger partial charge is 0.544 e. The SMILES string of the molecule is CC[C@H](C)[NH+]1CC[NH+](CC(=O)[O-])CC1. The number of nitrogens with one attached hydrogen (secondary N) is 2. The molecule has 1 rings (SSSR count). The first-order chi connectivity index (χ1) is 6.63. The van der Waals surface area contributed by atoms with Gasteiger partial charge in [0.25, 0.3) is 0 Å². The maximum atomic E-state index is 10.4. The van der Waals surface area contributed by atoms with Crippen LogP contribution in [0.3, 0.4) is 0 Å². The van der Waals surface area contributed by atoms with Gasteiger partial charge in [-0.3, -0.25) is 0 Å². The lowest BCUT2D eigenvalue weighted by Crippen LogP contribution is -3.29. The molecule has 4 nitrogen and oxygen atoms in total. The molecule has 1 atom stereocenters. The summed E-state index contributed by atoms with van der Waals surface area (Å²) < 4.78 is 0. The van der Waals surface area contributed by atoms with E-state index in [1.54, 1.807) is 4.90 Å². The summed E-state index contributed by atoms with van der Waals surface area (Å²) in [5.41, 5.74) is 0. The monoisotopic (exact) mass is 201 g/mol. The Balaban J connectivity index is 2.27. The summed E-state index contributed by atoms with van der Waals surface area (Å²) in [5, 5.41) is 10.4. The Morgan fingerprint density at radius 2 is 1.93 bits per heavy atom. The number of carbonyl (C=O) groups is 1. The number of carboxylic acids is 1. The van der Waals surface area contributed by atoms with Crippen molar-refractivity contribution in [2.45, 2.75) is 26.3 Å². The maximum Gasteiger partial charge on any atom is 0.127 e. The van der Waals surface area contributed by atoms with Gasteiger partial charge in [0.05, 0.1) is 12.0 Å². The van der Waals surface area contributed by atoms with Crippen LogP contribution in [0.4, 0.5) is 0 Å². The van der Waals surface area contributed by atoms with Crippen molar-refractivity contribution in [3.63, 3.8) is 0 Å². The molecule has 1 fully saturated rings. The molecule has 0 saturated carbocycles. The van der Waals surface area contributed by atoms with E-state index in [2.05, 4.69) is 13.8 Å². The van der Waals surface area contributed by atoms with Gasteiger partial charge in [-0.2, -0.15) is 0 Å². The first kappa shape index (κ1) is 11.5. The van der Waals surface area contributed by atoms with Crippen molar-refractivity contribution < 1.29 is 19.7 Å². The Hall–Kier alpha value is -0.610. The van der Waals surface area contributed by atoms with Crippen LogP contribution in [0.2, 0.25) is 0 Å². The fourth-order valence-electron chi connectivity index (χ4n) is 2.09. The number of quaternary nitrogens is 2. The molecule has 14 heavy (non-hydrogen) atoms. The third-order valence-electron chi connectivity index (χ3n) is 3.30. The normalized spacial score (nSPS) is 29.9. The summed E-state index contributed by atoms with van der Waals surface area (Å²) in [7, 11) is 0. The molecule has 82 valence electrons. The second-order valence-corrected chi connectivity index (χ2v) is 4.27. The van der Waals surface area contributed by atoms with Crippen molar-refractivity contribution in [3.8, 4) is 0 Å². The van der Waals surface area contributed by atoms with Gasteiger partial charge in [-0.25, -0.2) is 0 Å². The molecule has 2 N–H and O–H groups in total. The van der Waals surface area contributed by atoms with E-state index < -0.39 is 5.97 Å². The minimum Gasteiger partial charge on any atom is -0.544 e. The van der Waals surface area contributed by atoms with E-state index >= 15 is 0 Å². The molecule has 0 aromatic carbocycles. The van der Waals surface area contributed by atoms with E-state index in [9.17, 15) is 9.90 Å². The van der Waals surface area contributed by atoms with Gasteiger partial charge in [-0.15, -0.1) is 0 Å². The Kier molecular flexibility index (Phi) is 4.35. The van der Waals surface area contributed by atoms with Gasteiger partial charge in [0, 0.05) is 0 Å². The van der Waals surface area contributed by atoms with Crippen LogP contribution in [-0.2, 0) is 4.79 Å². The van der Waals surface area contributed by atoms with Crippen LogP contribution in [0.25, 0.3) is 0 Å². The fourth-order valence-corrected chi connectivity index (χ4v) is 2.09. The minimum atomic E-state index is -0.924. The van der Waals surface area contributed by atoms with Gasteiger partial charge < -0.3 is 19.7 Å². The Labute approximate surface area is 85.5 Å². The predicted octanol–water partition coefficient (Wildman–Crippen LogP) is -3.68. The topological polar surface area (TPSA) is 49.0 Å². The molecule has 0 unspecified atom stereocenters. The highest BCUT2D eigenvalue weighted by Crippen LogP contribution is 1.81. The lowest BCUT2D eigenvalue weighted by atomic mass is 10.2. The van der Waals surface area contributed by atoms with Crippen LogP contribution < -0.4 is 14.9 Å². The van der Waals surface area contributed by atoms with E-state index in [-0.39, 0.29) is 6.54 Å². The third-order valence-corrected chi connectivity index (χ3v) is 3.30. The molecule has 0 radical (unpaired) electrons. The number of hydrogen-bond donors (Lipinski definition) is 2. The molecule has 0 aliphatic carbocycles. The van der Waals surface area contributed by atoms with E-state index in [0.717, 1.165) is 31.1 Å². The second kappa shape index (κ2) is 5.32. The summed E-state index contributed by atoms with van der Waals surface area (Å²) in [6, 6.07) is 0.708. The summed E-state index contributed by atoms with van der Waals surface area (Å²) in [6.07, 6.45) is 1.20. The van der Waals surface area contributed by atoms with Crippen molar-refractivity contribution in [3.05, 3.63) is 0 Å². The highest BCUT2D eigenvalue weighted by molar-refractivity contribution is 5.65. The van der Waals surface area contributed by atoms with Crippen molar-refractivity contribution in [2.75, 3.05) is 32.7 Å². The number of carboxylic acid groups (broad SMARTS) is 1. The number of piperazine rings is 1. The number of carbonyl (C=O) groups excluding carboxylic acids is 1. The van der Waals surface area contributed by atoms with Crippen LogP contribution in [0.15, 0.2) is 0 Å². The van der Waals surface area contributed by atoms with Crippen LogP contribution in [0.5, 0.6) is 0 Å². The zero-order chi connectivity index (χ0) is 10.6. The lowest BCUT2D eigenvalue weighted by Gasteiger charge is -2.32. The van der Waals surface area contributed by atoms with E-state index in [1.807, 2.05) is 0 Å². The standard InChI is InChI=1S/C10H20N2O2/c1-3-9(2)12-6-4-11(5-7-12)8-10(13)14/h9H,3-8H2,1-2H3,(H,13,14)/p+1/t9-/m0/s1. The molecule has 0 spiro atoms. The summed E-state index contributed by atoms with van der Waals surface area (Å²) >= 11 is 0. The molecule has 0 amide bonds. The third kappa shape index (κ3) is 3.27. The zero-order valence-corrected chi connectivity index (χ0v) is 9.14. The molecule has 1 saturated heterocycles. The maximum absolute atomic E-state index is 10.4. The second-order valence-electron chi connectivity index (χ2n) is 4.27. The molecule has 1 aliphatic rings. The van der Waals surface area contributed by atoms with Gasteiger partial charge in [-0.05, 0) is 13.3 Å². The molecule has 1 aliphatic heterocycles. The molecular formula is C10H21N2O2+. The quantitative estimate of drug-likeness (QED) is 0.492. The van der Waals surface area contributed by atoms with Gasteiger partial charge >= 0.3 is 0 Å². The highest BCUT2D eigenvalue weighted by atomic mass is 16.4. The molecule has 4 heteroatoms. The van der Waals surface area contributed by atoms with Crippen LogP contribution >= 0.6 is 0 Å². The van der Waals surface area contributed by atoms with Crippen molar-refractivity contribution in [1.29, 1.82) is 0 Å². The van der Waals surface area contributed by atoms with Gasteiger partial charge in [0.15, 0.2) is 0 Å². The summed E-state index contributed by atoms with van der Waals surface area (Å²) in [5.74, 6) is -0.924. The minimum absolute atomic E-state index is 0.174. The van der Waals surface area contributed by atoms with Gasteiger partial charge in [0.2, 0.25) is 0 Å². The smallest absolute Gasteiger partial charge is 0.127 e. The van der Waals surface area contributed by atoms with Crippen LogP contribution in [0.1, 0.15) is 20.3 Å². The number of aliphatic carboxylic acids is 1. The van der Waals surface area contributed by atoms with E-state index in [4.69, 9.17) is 0 Å². The first-order valence-corrected chi connectivity index (χ1v) is 5.51. The number of rotatable bonds is 4.